The van der Waals surface area contributed by atoms with Crippen molar-refractivity contribution in [2.45, 2.75) is 13.1 Å². The van der Waals surface area contributed by atoms with Crippen molar-refractivity contribution >= 4 is 23.5 Å². The molecule has 0 unspecified atom stereocenters. The number of allylic oxidation sites excluding steroid dienone is 2. The van der Waals surface area contributed by atoms with E-state index < -0.39 is 0 Å². The summed E-state index contributed by atoms with van der Waals surface area (Å²) in [5.74, 6) is 0. The minimum atomic E-state index is 0. The molecule has 2 aromatic heterocycles. The van der Waals surface area contributed by atoms with Crippen molar-refractivity contribution in [3.8, 4) is 0 Å². The first-order valence-electron chi connectivity index (χ1n) is 12.3. The van der Waals surface area contributed by atoms with E-state index in [1.165, 1.54) is 33.6 Å². The van der Waals surface area contributed by atoms with Crippen molar-refractivity contribution in [2.24, 2.45) is 0 Å². The van der Waals surface area contributed by atoms with Crippen LogP contribution >= 0.6 is 0 Å². The molecule has 0 radical (unpaired) electrons. The Kier molecular flexibility index (Phi) is 12.4. The van der Waals surface area contributed by atoms with Crippen LogP contribution in [0, 0.1) is 0 Å². The van der Waals surface area contributed by atoms with Gasteiger partial charge in [0.15, 0.2) is 37.9 Å². The number of benzene rings is 2. The van der Waals surface area contributed by atoms with Gasteiger partial charge in [-0.3, -0.25) is 0 Å². The third-order valence-corrected chi connectivity index (χ3v) is 6.16. The molecule has 0 atom stereocenters. The first-order valence-corrected chi connectivity index (χ1v) is 12.3. The van der Waals surface area contributed by atoms with Crippen LogP contribution in [0.2, 0.25) is 0 Å². The number of rotatable bonds is 9. The highest BCUT2D eigenvalue weighted by molar-refractivity contribution is 5.57. The van der Waals surface area contributed by atoms with Crippen LogP contribution in [-0.4, -0.2) is 28.2 Å². The van der Waals surface area contributed by atoms with E-state index in [0.717, 1.165) is 13.1 Å². The number of nitrogens with zero attached hydrogens (tertiary/aromatic N) is 4. The lowest BCUT2D eigenvalue weighted by Crippen LogP contribution is -3.00. The van der Waals surface area contributed by atoms with Crippen molar-refractivity contribution in [3.63, 3.8) is 0 Å². The van der Waals surface area contributed by atoms with Gasteiger partial charge in [-0.2, -0.15) is 0 Å². The van der Waals surface area contributed by atoms with Crippen LogP contribution in [0.1, 0.15) is 22.3 Å². The highest BCUT2D eigenvalue weighted by atomic mass is 79.9. The molecule has 4 rings (SSSR count). The summed E-state index contributed by atoms with van der Waals surface area (Å²) in [5.41, 5.74) is 7.39. The second-order valence-corrected chi connectivity index (χ2v) is 9.45. The fraction of sp³-hybridized carbons (Fsp3) is 0.188. The monoisotopic (exact) mass is 634 g/mol. The Bertz CT molecular complexity index is 1190. The molecule has 2 aromatic carbocycles. The van der Waals surface area contributed by atoms with Crippen molar-refractivity contribution in [3.05, 3.63) is 132 Å². The number of aromatic nitrogens is 2. The topological polar surface area (TPSA) is 14.2 Å². The summed E-state index contributed by atoms with van der Waals surface area (Å²) in [6.45, 7) is 1.74. The number of hydrogen-bond acceptors (Lipinski definition) is 2. The van der Waals surface area contributed by atoms with Gasteiger partial charge in [0, 0.05) is 75.0 Å². The Morgan fingerprint density at radius 2 is 0.816 bits per heavy atom. The normalized spacial score (nSPS) is 10.7. The smallest absolute Gasteiger partial charge is 0.173 e. The molecule has 0 spiro atoms. The Labute approximate surface area is 248 Å². The maximum Gasteiger partial charge on any atom is 0.173 e. The molecule has 4 aromatic rings. The van der Waals surface area contributed by atoms with E-state index in [4.69, 9.17) is 0 Å². The van der Waals surface area contributed by atoms with E-state index >= 15 is 0 Å². The fourth-order valence-electron chi connectivity index (χ4n) is 3.93. The Morgan fingerprint density at radius 3 is 1.11 bits per heavy atom. The van der Waals surface area contributed by atoms with Crippen molar-refractivity contribution < 1.29 is 43.1 Å². The van der Waals surface area contributed by atoms with Gasteiger partial charge in [-0.15, -0.1) is 0 Å². The van der Waals surface area contributed by atoms with Crippen molar-refractivity contribution in [1.29, 1.82) is 0 Å². The highest BCUT2D eigenvalue weighted by Crippen LogP contribution is 2.11. The third kappa shape index (κ3) is 9.26. The molecule has 0 aliphatic heterocycles. The summed E-state index contributed by atoms with van der Waals surface area (Å²) in [5, 5.41) is 0. The summed E-state index contributed by atoms with van der Waals surface area (Å²) in [6, 6.07) is 26.0. The minimum Gasteiger partial charge on any atom is -1.00 e. The maximum atomic E-state index is 2.20. The number of anilines is 2. The van der Waals surface area contributed by atoms with Crippen LogP contribution in [0.5, 0.6) is 0 Å². The van der Waals surface area contributed by atoms with Crippen LogP contribution < -0.4 is 52.9 Å². The quantitative estimate of drug-likeness (QED) is 0.177. The first-order chi connectivity index (χ1) is 17.5. The molecular weight excluding hydrogens is 600 g/mol. The van der Waals surface area contributed by atoms with E-state index in [-0.39, 0.29) is 34.0 Å². The molecule has 0 saturated heterocycles. The van der Waals surface area contributed by atoms with Crippen LogP contribution in [0.4, 0.5) is 11.4 Å². The van der Waals surface area contributed by atoms with Crippen LogP contribution in [-0.2, 0) is 13.1 Å². The third-order valence-electron chi connectivity index (χ3n) is 6.16. The molecule has 4 nitrogen and oxygen atoms in total. The Balaban J connectivity index is 0.00000253. The Hall–Kier alpha value is -3.22. The van der Waals surface area contributed by atoms with Crippen LogP contribution in [0.25, 0.3) is 12.2 Å². The molecule has 0 saturated carbocycles. The van der Waals surface area contributed by atoms with E-state index in [1.54, 1.807) is 0 Å². The van der Waals surface area contributed by atoms with Gasteiger partial charge in [0.2, 0.25) is 0 Å². The number of hydrogen-bond donors (Lipinski definition) is 0. The maximum absolute atomic E-state index is 2.20. The lowest BCUT2D eigenvalue weighted by molar-refractivity contribution is -0.688. The molecule has 0 aliphatic carbocycles. The van der Waals surface area contributed by atoms with Crippen molar-refractivity contribution in [1.82, 2.24) is 0 Å². The summed E-state index contributed by atoms with van der Waals surface area (Å²) in [4.78, 5) is 4.22. The summed E-state index contributed by atoms with van der Waals surface area (Å²) in [6.07, 6.45) is 17.0. The van der Waals surface area contributed by atoms with Crippen molar-refractivity contribution in [2.75, 3.05) is 38.0 Å². The molecule has 0 N–H and O–H groups in total. The van der Waals surface area contributed by atoms with Crippen LogP contribution in [0.15, 0.2) is 110 Å². The molecule has 38 heavy (non-hydrogen) atoms. The van der Waals surface area contributed by atoms with E-state index in [0.29, 0.717) is 0 Å². The predicted molar refractivity (Wildman–Crippen MR) is 151 cm³/mol. The minimum absolute atomic E-state index is 0. The predicted octanol–water partition coefficient (Wildman–Crippen LogP) is -0.775. The average Bonchev–Trinajstić information content (AvgIpc) is 2.89. The largest absolute Gasteiger partial charge is 1.00 e. The molecule has 6 heteroatoms. The van der Waals surface area contributed by atoms with Gasteiger partial charge in [0.25, 0.3) is 0 Å². The molecule has 0 fully saturated rings. The van der Waals surface area contributed by atoms with E-state index in [1.807, 2.05) is 0 Å². The lowest BCUT2D eigenvalue weighted by Gasteiger charge is -2.10. The zero-order chi connectivity index (χ0) is 25.3. The van der Waals surface area contributed by atoms with Gasteiger partial charge in [-0.05, 0) is 11.1 Å². The summed E-state index contributed by atoms with van der Waals surface area (Å²) < 4.78 is 4.40. The molecule has 0 bridgehead atoms. The average molecular weight is 636 g/mol. The Morgan fingerprint density at radius 1 is 0.500 bits per heavy atom. The number of pyridine rings is 2. The van der Waals surface area contributed by atoms with Crippen LogP contribution in [0.3, 0.4) is 0 Å². The van der Waals surface area contributed by atoms with E-state index in [2.05, 4.69) is 169 Å². The zero-order valence-corrected chi connectivity index (χ0v) is 25.7. The molecule has 0 aliphatic rings. The molecule has 198 valence electrons. The fourth-order valence-corrected chi connectivity index (χ4v) is 3.93. The van der Waals surface area contributed by atoms with Gasteiger partial charge in [0.05, 0.1) is 0 Å². The standard InChI is InChI=1S/C32H36N4.2BrH/c1-33(2)31-17-21-35(22-18-31)25-29-13-9-27(10-14-29)7-5-6-8-28-11-15-30(16-12-28)26-36-23-19-32(20-24-36)34(3)4;;/h5-24H,25-26H2,1-4H3;2*1H/q+2;;/p-2/b7-5+,8-6+;;. The van der Waals surface area contributed by atoms with Gasteiger partial charge in [-0.25, -0.2) is 9.13 Å². The SMILES string of the molecule is CN(C)c1cc[n+](Cc2ccc(/C=C/C=C/c3ccc(C[n+]4ccc(N(C)C)cc4)cc3)cc2)cc1.[Br-].[Br-]. The molecule has 2 heterocycles. The highest BCUT2D eigenvalue weighted by Gasteiger charge is 2.05. The first kappa shape index (κ1) is 31.0. The second-order valence-electron chi connectivity index (χ2n) is 9.45. The van der Waals surface area contributed by atoms with Gasteiger partial charge < -0.3 is 43.8 Å². The number of halogens is 2. The van der Waals surface area contributed by atoms with Gasteiger partial charge in [0.1, 0.15) is 0 Å². The van der Waals surface area contributed by atoms with Gasteiger partial charge in [-0.1, -0.05) is 72.8 Å². The van der Waals surface area contributed by atoms with E-state index in [9.17, 15) is 0 Å². The molecular formula is C32H36Br2N4. The summed E-state index contributed by atoms with van der Waals surface area (Å²) >= 11 is 0. The van der Waals surface area contributed by atoms with Gasteiger partial charge >= 0.3 is 0 Å². The second kappa shape index (κ2) is 15.3. The lowest BCUT2D eigenvalue weighted by atomic mass is 10.1. The summed E-state index contributed by atoms with van der Waals surface area (Å²) in [7, 11) is 8.24. The zero-order valence-electron chi connectivity index (χ0n) is 22.5. The molecule has 0 amide bonds.